The van der Waals surface area contributed by atoms with Crippen molar-refractivity contribution in [3.05, 3.63) is 45.8 Å². The van der Waals surface area contributed by atoms with Crippen LogP contribution in [0.15, 0.2) is 34.6 Å². The third-order valence-electron chi connectivity index (χ3n) is 7.66. The van der Waals surface area contributed by atoms with Crippen LogP contribution < -0.4 is 22.6 Å². The molecule has 9 N–H and O–H groups in total. The molecule has 21 nitrogen and oxygen atoms in total. The van der Waals surface area contributed by atoms with E-state index >= 15 is 0 Å². The first-order chi connectivity index (χ1) is 22.2. The molecule has 47 heavy (non-hydrogen) atoms. The Kier molecular flexibility index (Phi) is 8.29. The van der Waals surface area contributed by atoms with Gasteiger partial charge in [0.15, 0.2) is 23.6 Å². The van der Waals surface area contributed by atoms with Crippen molar-refractivity contribution >= 4 is 70.8 Å². The van der Waals surface area contributed by atoms with Crippen LogP contribution in [0, 0.1) is 0 Å². The van der Waals surface area contributed by atoms with Crippen LogP contribution in [0.25, 0.3) is 22.1 Å². The zero-order valence-electron chi connectivity index (χ0n) is 23.4. The van der Waals surface area contributed by atoms with E-state index in [1.165, 1.54) is 23.3 Å². The van der Waals surface area contributed by atoms with Crippen molar-refractivity contribution in [3.8, 4) is 0 Å². The van der Waals surface area contributed by atoms with E-state index < -0.39 is 86.8 Å². The number of fused-ring (bicyclic) bond motifs is 5. The number of nitrogen functional groups attached to an aromatic ring is 2. The van der Waals surface area contributed by atoms with E-state index in [1.54, 1.807) is 0 Å². The zero-order chi connectivity index (χ0) is 33.4. The minimum atomic E-state index is -4.29. The Labute approximate surface area is 271 Å². The maximum atomic E-state index is 13.3. The second kappa shape index (κ2) is 11.9. The number of imidazole rings is 1. The van der Waals surface area contributed by atoms with Crippen LogP contribution in [0.2, 0.25) is 0 Å². The van der Waals surface area contributed by atoms with E-state index in [1.807, 2.05) is 0 Å². The standard InChI is InChI=1S/C22H25N9O12P2S2/c23-8-2-25-1-7-11(8)26-6-31(19(7)35)20-14(33)15-10(41-20)4-39-45(37,47)43-16-13(32)9(3-38-44(36,46)42-15)40-21(16)30-5-27-12-17(30)28-22(24)29-18(12)34/h1-2,5-6,9-10,13-16,20-21,32-33H,3-4,23H2,(H,36,46)(H,37,47)(H3,24,28,29,34)/t9-,10-,13-,14-,15-,16-,20-,21-,44?,45?/m1/s1. The first-order valence-corrected chi connectivity index (χ1v) is 18.7. The molecule has 7 heterocycles. The van der Waals surface area contributed by atoms with Crippen LogP contribution in [-0.2, 0) is 51.2 Å². The number of aromatic nitrogens is 7. The van der Waals surface area contributed by atoms with Gasteiger partial charge in [0.2, 0.25) is 5.95 Å². The van der Waals surface area contributed by atoms with E-state index in [9.17, 15) is 29.6 Å². The van der Waals surface area contributed by atoms with Gasteiger partial charge in [0.05, 0.1) is 36.8 Å². The summed E-state index contributed by atoms with van der Waals surface area (Å²) in [5.41, 5.74) is 10.5. The number of pyridine rings is 1. The SMILES string of the molecule is Nc1nc2c(ncn2[C@@H]2O[C@@H]3COP(O)(=S)O[C@H]4[C@@H](O)[C@H](n5cnc6c(N)cncc6c5=O)O[C@@H]4COP(O)(=S)O[C@@H]2[C@@H]3O)c(=O)[nH]1. The Morgan fingerprint density at radius 2 is 1.51 bits per heavy atom. The molecule has 0 saturated carbocycles. The summed E-state index contributed by atoms with van der Waals surface area (Å²) >= 11 is 10.4. The summed E-state index contributed by atoms with van der Waals surface area (Å²) in [7, 11) is 0. The molecule has 0 aromatic carbocycles. The number of nitrogens with one attached hydrogen (secondary N) is 1. The molecule has 2 bridgehead atoms. The minimum absolute atomic E-state index is 0.0363. The molecule has 0 amide bonds. The summed E-state index contributed by atoms with van der Waals surface area (Å²) in [5.74, 6) is -0.231. The van der Waals surface area contributed by atoms with Gasteiger partial charge in [-0.1, -0.05) is 0 Å². The normalized spacial score (nSPS) is 36.5. The number of nitrogens with zero attached hydrogens (tertiary/aromatic N) is 6. The van der Waals surface area contributed by atoms with Gasteiger partial charge in [0, 0.05) is 6.20 Å². The van der Waals surface area contributed by atoms with Crippen LogP contribution in [0.3, 0.4) is 0 Å². The van der Waals surface area contributed by atoms with Crippen LogP contribution >= 0.6 is 13.4 Å². The summed E-state index contributed by atoms with van der Waals surface area (Å²) < 4.78 is 36.5. The molecule has 2 unspecified atom stereocenters. The molecule has 0 radical (unpaired) electrons. The summed E-state index contributed by atoms with van der Waals surface area (Å²) in [6.45, 7) is -9.74. The number of anilines is 2. The van der Waals surface area contributed by atoms with Gasteiger partial charge in [-0.25, -0.2) is 9.97 Å². The highest BCUT2D eigenvalue weighted by atomic mass is 32.5. The largest absolute Gasteiger partial charge is 0.396 e. The lowest BCUT2D eigenvalue weighted by molar-refractivity contribution is -0.0619. The Hall–Kier alpha value is -2.86. The first kappa shape index (κ1) is 32.7. The summed E-state index contributed by atoms with van der Waals surface area (Å²) in [4.78, 5) is 66.3. The number of ether oxygens (including phenoxy) is 2. The van der Waals surface area contributed by atoms with Crippen molar-refractivity contribution in [2.24, 2.45) is 0 Å². The van der Waals surface area contributed by atoms with E-state index in [0.717, 1.165) is 10.9 Å². The molecule has 0 spiro atoms. The molecule has 3 fully saturated rings. The Morgan fingerprint density at radius 3 is 2.26 bits per heavy atom. The quantitative estimate of drug-likeness (QED) is 0.108. The van der Waals surface area contributed by atoms with Gasteiger partial charge in [-0.05, 0) is 23.6 Å². The number of nitrogens with two attached hydrogens (primary N) is 2. The fourth-order valence-electron chi connectivity index (χ4n) is 5.50. The predicted octanol–water partition coefficient (Wildman–Crippen LogP) is -2.14. The second-order valence-electron chi connectivity index (χ2n) is 10.6. The fraction of sp³-hybridized carbons (Fsp3) is 0.455. The third kappa shape index (κ3) is 5.91. The number of hydrogen-bond acceptors (Lipinski definition) is 18. The molecule has 4 aromatic rings. The lowest BCUT2D eigenvalue weighted by atomic mass is 10.1. The average molecular weight is 734 g/mol. The predicted molar refractivity (Wildman–Crippen MR) is 165 cm³/mol. The van der Waals surface area contributed by atoms with Gasteiger partial charge in [0.25, 0.3) is 11.1 Å². The van der Waals surface area contributed by atoms with Gasteiger partial charge in [-0.15, -0.1) is 0 Å². The summed E-state index contributed by atoms with van der Waals surface area (Å²) in [6.07, 6.45) is -6.74. The van der Waals surface area contributed by atoms with Crippen molar-refractivity contribution in [1.82, 2.24) is 34.1 Å². The molecule has 3 saturated heterocycles. The Balaban J connectivity index is 1.21. The highest BCUT2D eigenvalue weighted by Crippen LogP contribution is 2.53. The number of aliphatic hydroxyl groups is 2. The number of hydrogen-bond donors (Lipinski definition) is 7. The van der Waals surface area contributed by atoms with E-state index in [0.29, 0.717) is 0 Å². The van der Waals surface area contributed by atoms with Crippen molar-refractivity contribution in [3.63, 3.8) is 0 Å². The number of aromatic amines is 1. The Bertz CT molecular complexity index is 2100. The number of aliphatic hydroxyl groups excluding tert-OH is 2. The van der Waals surface area contributed by atoms with Gasteiger partial charge < -0.3 is 50.0 Å². The molecule has 252 valence electrons. The van der Waals surface area contributed by atoms with Crippen molar-refractivity contribution < 1.29 is 47.6 Å². The smallest absolute Gasteiger partial charge is 0.325 e. The fourth-order valence-corrected chi connectivity index (χ4v) is 8.36. The molecule has 7 rings (SSSR count). The van der Waals surface area contributed by atoms with E-state index in [4.69, 9.17) is 62.6 Å². The van der Waals surface area contributed by atoms with Gasteiger partial charge in [-0.2, -0.15) is 4.98 Å². The van der Waals surface area contributed by atoms with Crippen LogP contribution in [-0.4, -0.2) is 104 Å². The summed E-state index contributed by atoms with van der Waals surface area (Å²) in [5, 5.41) is 22.5. The van der Waals surface area contributed by atoms with Crippen molar-refractivity contribution in [2.45, 2.75) is 49.1 Å². The minimum Gasteiger partial charge on any atom is -0.396 e. The van der Waals surface area contributed by atoms with Gasteiger partial charge >= 0.3 is 13.4 Å². The molecule has 0 aliphatic carbocycles. The molecule has 4 aromatic heterocycles. The van der Waals surface area contributed by atoms with Crippen LogP contribution in [0.4, 0.5) is 11.6 Å². The lowest BCUT2D eigenvalue weighted by Gasteiger charge is -2.28. The third-order valence-corrected chi connectivity index (χ3v) is 10.8. The number of H-pyrrole nitrogens is 1. The molecule has 10 atom stereocenters. The number of rotatable bonds is 2. The topological polar surface area (TPSA) is 300 Å². The molecular weight excluding hydrogens is 708 g/mol. The first-order valence-electron chi connectivity index (χ1n) is 13.5. The highest BCUT2D eigenvalue weighted by molar-refractivity contribution is 8.07. The average Bonchev–Trinajstić information content (AvgIpc) is 3.65. The van der Waals surface area contributed by atoms with Gasteiger partial charge in [0.1, 0.15) is 48.5 Å². The lowest BCUT2D eigenvalue weighted by Crippen LogP contribution is -2.37. The van der Waals surface area contributed by atoms with Gasteiger partial charge in [-0.3, -0.25) is 37.7 Å². The van der Waals surface area contributed by atoms with Crippen LogP contribution in [0.5, 0.6) is 0 Å². The highest BCUT2D eigenvalue weighted by Gasteiger charge is 2.52. The maximum Gasteiger partial charge on any atom is 0.325 e. The Morgan fingerprint density at radius 1 is 0.872 bits per heavy atom. The molecular formula is C22H25N9O12P2S2. The molecule has 3 aliphatic rings. The second-order valence-corrected chi connectivity index (χ2v) is 16.2. The van der Waals surface area contributed by atoms with Crippen LogP contribution in [0.1, 0.15) is 12.5 Å². The van der Waals surface area contributed by atoms with Crippen molar-refractivity contribution in [1.29, 1.82) is 0 Å². The maximum absolute atomic E-state index is 13.3. The van der Waals surface area contributed by atoms with E-state index in [2.05, 4.69) is 24.9 Å². The molecule has 3 aliphatic heterocycles. The van der Waals surface area contributed by atoms with Crippen molar-refractivity contribution in [2.75, 3.05) is 24.7 Å². The molecule has 25 heteroatoms. The van der Waals surface area contributed by atoms with E-state index in [-0.39, 0.29) is 33.7 Å². The zero-order valence-corrected chi connectivity index (χ0v) is 26.9. The summed E-state index contributed by atoms with van der Waals surface area (Å²) in [6, 6.07) is 0. The monoisotopic (exact) mass is 733 g/mol.